The molecule has 3 heteroatoms. The third-order valence-electron chi connectivity index (χ3n) is 5.44. The molecule has 0 radical (unpaired) electrons. The smallest absolute Gasteiger partial charge is 0.251 e. The van der Waals surface area contributed by atoms with E-state index in [0.29, 0.717) is 0 Å². The van der Waals surface area contributed by atoms with E-state index in [1.54, 1.807) is 0 Å². The summed E-state index contributed by atoms with van der Waals surface area (Å²) < 4.78 is 0. The first-order valence-electron chi connectivity index (χ1n) is 10.1. The summed E-state index contributed by atoms with van der Waals surface area (Å²) in [5.74, 6) is 0.848. The third kappa shape index (κ3) is 5.93. The number of benzene rings is 2. The summed E-state index contributed by atoms with van der Waals surface area (Å²) in [5.41, 5.74) is 2.95. The Hall–Kier alpha value is -2.13. The summed E-state index contributed by atoms with van der Waals surface area (Å²) in [7, 11) is 0. The second-order valence-electron chi connectivity index (χ2n) is 8.66. The molecule has 1 amide bonds. The zero-order chi connectivity index (χ0) is 19.3. The number of piperidine rings is 1. The Bertz CT molecular complexity index is 729. The van der Waals surface area contributed by atoms with Crippen molar-refractivity contribution in [2.75, 3.05) is 13.1 Å². The highest BCUT2D eigenvalue weighted by molar-refractivity contribution is 5.94. The molecule has 0 spiro atoms. The molecule has 2 aromatic rings. The van der Waals surface area contributed by atoms with Crippen molar-refractivity contribution in [2.24, 2.45) is 5.92 Å². The van der Waals surface area contributed by atoms with E-state index >= 15 is 0 Å². The molecule has 3 nitrogen and oxygen atoms in total. The maximum absolute atomic E-state index is 12.7. The lowest BCUT2D eigenvalue weighted by Crippen LogP contribution is -2.45. The highest BCUT2D eigenvalue weighted by atomic mass is 16.1. The fourth-order valence-electron chi connectivity index (χ4n) is 3.77. The number of hydrogen-bond acceptors (Lipinski definition) is 2. The van der Waals surface area contributed by atoms with E-state index in [2.05, 4.69) is 55.3 Å². The van der Waals surface area contributed by atoms with Crippen LogP contribution in [-0.2, 0) is 13.0 Å². The molecule has 0 aromatic heterocycles. The number of likely N-dealkylation sites (tertiary alicyclic amines) is 1. The maximum atomic E-state index is 12.7. The molecule has 0 atom stereocenters. The largest absolute Gasteiger partial charge is 0.347 e. The van der Waals surface area contributed by atoms with Gasteiger partial charge in [0.25, 0.3) is 5.91 Å². The lowest BCUT2D eigenvalue weighted by Gasteiger charge is -2.30. The van der Waals surface area contributed by atoms with Crippen LogP contribution in [0.3, 0.4) is 0 Å². The second-order valence-corrected chi connectivity index (χ2v) is 8.66. The van der Waals surface area contributed by atoms with Gasteiger partial charge < -0.3 is 5.32 Å². The Morgan fingerprint density at radius 2 is 1.63 bits per heavy atom. The normalized spacial score (nSPS) is 16.3. The number of nitrogens with zero attached hydrogens (tertiary/aromatic N) is 1. The quantitative estimate of drug-likeness (QED) is 0.808. The predicted octanol–water partition coefficient (Wildman–Crippen LogP) is 4.67. The lowest BCUT2D eigenvalue weighted by molar-refractivity contribution is 0.0913. The van der Waals surface area contributed by atoms with Crippen molar-refractivity contribution in [2.45, 2.75) is 52.1 Å². The molecule has 3 rings (SSSR count). The van der Waals surface area contributed by atoms with E-state index in [0.717, 1.165) is 24.4 Å². The zero-order valence-corrected chi connectivity index (χ0v) is 16.9. The minimum atomic E-state index is -0.290. The summed E-state index contributed by atoms with van der Waals surface area (Å²) in [6.07, 6.45) is 3.39. The van der Waals surface area contributed by atoms with Crippen LogP contribution >= 0.6 is 0 Å². The fraction of sp³-hybridized carbons (Fsp3) is 0.458. The van der Waals surface area contributed by atoms with Crippen LogP contribution in [0, 0.1) is 5.92 Å². The molecule has 144 valence electrons. The van der Waals surface area contributed by atoms with Crippen LogP contribution in [0.2, 0.25) is 0 Å². The molecule has 1 heterocycles. The van der Waals surface area contributed by atoms with Gasteiger partial charge in [0, 0.05) is 17.6 Å². The van der Waals surface area contributed by atoms with Gasteiger partial charge in [-0.2, -0.15) is 0 Å². The first-order chi connectivity index (χ1) is 12.9. The van der Waals surface area contributed by atoms with E-state index in [1.807, 2.05) is 30.3 Å². The third-order valence-corrected chi connectivity index (χ3v) is 5.44. The van der Waals surface area contributed by atoms with Crippen molar-refractivity contribution in [3.05, 3.63) is 71.3 Å². The van der Waals surface area contributed by atoms with Gasteiger partial charge >= 0.3 is 0 Å². The minimum absolute atomic E-state index is 0.00530. The molecule has 0 saturated carbocycles. The molecular weight excluding hydrogens is 332 g/mol. The SMILES string of the molecule is CC1CCN(Cc2ccc(C(=O)NC(C)(C)Cc3ccccc3)cc2)CC1. The number of amides is 1. The van der Waals surface area contributed by atoms with Gasteiger partial charge in [-0.15, -0.1) is 0 Å². The van der Waals surface area contributed by atoms with Crippen LogP contribution in [-0.4, -0.2) is 29.4 Å². The van der Waals surface area contributed by atoms with Crippen molar-refractivity contribution in [1.29, 1.82) is 0 Å². The Labute approximate surface area is 163 Å². The number of rotatable bonds is 6. The van der Waals surface area contributed by atoms with Crippen molar-refractivity contribution in [1.82, 2.24) is 10.2 Å². The predicted molar refractivity (Wildman–Crippen MR) is 112 cm³/mol. The van der Waals surface area contributed by atoms with Gasteiger partial charge in [-0.3, -0.25) is 9.69 Å². The molecule has 1 saturated heterocycles. The highest BCUT2D eigenvalue weighted by Gasteiger charge is 2.22. The van der Waals surface area contributed by atoms with Gasteiger partial charge in [-0.05, 0) is 75.4 Å². The maximum Gasteiger partial charge on any atom is 0.251 e. The van der Waals surface area contributed by atoms with Gasteiger partial charge in [0.2, 0.25) is 0 Å². The summed E-state index contributed by atoms with van der Waals surface area (Å²) in [5, 5.41) is 3.18. The van der Waals surface area contributed by atoms with Crippen LogP contribution in [0.1, 0.15) is 55.1 Å². The van der Waals surface area contributed by atoms with Gasteiger partial charge in [-0.1, -0.05) is 49.4 Å². The Kier molecular flexibility index (Phi) is 6.33. The molecule has 1 aliphatic rings. The van der Waals surface area contributed by atoms with Crippen molar-refractivity contribution >= 4 is 5.91 Å². The Morgan fingerprint density at radius 3 is 2.26 bits per heavy atom. The average molecular weight is 365 g/mol. The van der Waals surface area contributed by atoms with Gasteiger partial charge in [0.15, 0.2) is 0 Å². The summed E-state index contributed by atoms with van der Waals surface area (Å²) in [4.78, 5) is 15.2. The van der Waals surface area contributed by atoms with Gasteiger partial charge in [0.1, 0.15) is 0 Å². The van der Waals surface area contributed by atoms with Crippen LogP contribution in [0.25, 0.3) is 0 Å². The van der Waals surface area contributed by atoms with Gasteiger partial charge in [0.05, 0.1) is 0 Å². The Morgan fingerprint density at radius 1 is 1.00 bits per heavy atom. The number of carbonyl (C=O) groups is 1. The van der Waals surface area contributed by atoms with Crippen LogP contribution in [0.4, 0.5) is 0 Å². The van der Waals surface area contributed by atoms with E-state index in [9.17, 15) is 4.79 Å². The summed E-state index contributed by atoms with van der Waals surface area (Å²) in [6.45, 7) is 9.82. The summed E-state index contributed by atoms with van der Waals surface area (Å²) >= 11 is 0. The molecule has 0 unspecified atom stereocenters. The highest BCUT2D eigenvalue weighted by Crippen LogP contribution is 2.19. The van der Waals surface area contributed by atoms with Gasteiger partial charge in [-0.25, -0.2) is 0 Å². The van der Waals surface area contributed by atoms with Crippen molar-refractivity contribution in [3.8, 4) is 0 Å². The van der Waals surface area contributed by atoms with Crippen LogP contribution in [0.15, 0.2) is 54.6 Å². The molecule has 0 bridgehead atoms. The van der Waals surface area contributed by atoms with E-state index in [4.69, 9.17) is 0 Å². The average Bonchev–Trinajstić information content (AvgIpc) is 2.64. The van der Waals surface area contributed by atoms with E-state index in [1.165, 1.54) is 37.1 Å². The lowest BCUT2D eigenvalue weighted by atomic mass is 9.94. The van der Waals surface area contributed by atoms with Crippen LogP contribution < -0.4 is 5.32 Å². The topological polar surface area (TPSA) is 32.3 Å². The first-order valence-corrected chi connectivity index (χ1v) is 10.1. The fourth-order valence-corrected chi connectivity index (χ4v) is 3.77. The van der Waals surface area contributed by atoms with Crippen molar-refractivity contribution < 1.29 is 4.79 Å². The molecule has 2 aromatic carbocycles. The van der Waals surface area contributed by atoms with E-state index in [-0.39, 0.29) is 11.4 Å². The first kappa shape index (κ1) is 19.6. The monoisotopic (exact) mass is 364 g/mol. The molecule has 1 fully saturated rings. The second kappa shape index (κ2) is 8.71. The molecule has 1 aliphatic heterocycles. The minimum Gasteiger partial charge on any atom is -0.347 e. The summed E-state index contributed by atoms with van der Waals surface area (Å²) in [6, 6.07) is 18.4. The number of nitrogens with one attached hydrogen (secondary N) is 1. The molecule has 1 N–H and O–H groups in total. The van der Waals surface area contributed by atoms with Crippen LogP contribution in [0.5, 0.6) is 0 Å². The molecule has 27 heavy (non-hydrogen) atoms. The molecule has 0 aliphatic carbocycles. The number of carbonyl (C=O) groups excluding carboxylic acids is 1. The van der Waals surface area contributed by atoms with Crippen molar-refractivity contribution in [3.63, 3.8) is 0 Å². The standard InChI is InChI=1S/C24H32N2O/c1-19-13-15-26(16-14-19)18-21-9-11-22(12-10-21)23(27)25-24(2,3)17-20-7-5-4-6-8-20/h4-12,19H,13-18H2,1-3H3,(H,25,27). The Balaban J connectivity index is 1.55. The number of hydrogen-bond donors (Lipinski definition) is 1. The zero-order valence-electron chi connectivity index (χ0n) is 16.9. The van der Waals surface area contributed by atoms with E-state index < -0.39 is 0 Å². The molecular formula is C24H32N2O.